The van der Waals surface area contributed by atoms with Crippen molar-refractivity contribution < 1.29 is 4.74 Å². The SMILES string of the molecule is CNC(c1ccc(C)cc1C)c1ccc(OC)cc1Br. The van der Waals surface area contributed by atoms with Crippen LogP contribution in [0.25, 0.3) is 0 Å². The van der Waals surface area contributed by atoms with Crippen LogP contribution < -0.4 is 10.1 Å². The standard InChI is InChI=1S/C17H20BrNO/c1-11-5-7-14(12(2)9-11)17(19-3)15-8-6-13(20-4)10-16(15)18/h5-10,17,19H,1-4H3. The van der Waals surface area contributed by atoms with Crippen molar-refractivity contribution in [1.82, 2.24) is 5.32 Å². The number of rotatable bonds is 4. The van der Waals surface area contributed by atoms with E-state index in [1.807, 2.05) is 19.2 Å². The second kappa shape index (κ2) is 6.42. The van der Waals surface area contributed by atoms with Gasteiger partial charge in [-0.15, -0.1) is 0 Å². The van der Waals surface area contributed by atoms with E-state index in [2.05, 4.69) is 59.4 Å². The summed E-state index contributed by atoms with van der Waals surface area (Å²) in [5.74, 6) is 0.858. The fourth-order valence-electron chi connectivity index (χ4n) is 2.50. The highest BCUT2D eigenvalue weighted by atomic mass is 79.9. The van der Waals surface area contributed by atoms with Gasteiger partial charge in [0.2, 0.25) is 0 Å². The Balaban J connectivity index is 2.47. The number of halogens is 1. The summed E-state index contributed by atoms with van der Waals surface area (Å²) in [6.45, 7) is 4.28. The quantitative estimate of drug-likeness (QED) is 0.896. The summed E-state index contributed by atoms with van der Waals surface area (Å²) in [4.78, 5) is 0. The lowest BCUT2D eigenvalue weighted by Gasteiger charge is -2.21. The molecule has 0 saturated carbocycles. The maximum Gasteiger partial charge on any atom is 0.120 e. The zero-order valence-electron chi connectivity index (χ0n) is 12.3. The van der Waals surface area contributed by atoms with Crippen molar-refractivity contribution in [2.24, 2.45) is 0 Å². The zero-order chi connectivity index (χ0) is 14.7. The molecule has 0 bridgehead atoms. The molecule has 2 aromatic rings. The fourth-order valence-corrected chi connectivity index (χ4v) is 3.08. The summed E-state index contributed by atoms with van der Waals surface area (Å²) in [5.41, 5.74) is 5.09. The molecule has 0 aromatic heterocycles. The first-order valence-electron chi connectivity index (χ1n) is 6.64. The van der Waals surface area contributed by atoms with Gasteiger partial charge in [-0.05, 0) is 49.7 Å². The Bertz CT molecular complexity index is 610. The molecule has 0 fully saturated rings. The highest BCUT2D eigenvalue weighted by molar-refractivity contribution is 9.10. The van der Waals surface area contributed by atoms with Gasteiger partial charge in [-0.2, -0.15) is 0 Å². The normalized spacial score (nSPS) is 12.2. The van der Waals surface area contributed by atoms with Crippen LogP contribution in [-0.4, -0.2) is 14.2 Å². The van der Waals surface area contributed by atoms with Gasteiger partial charge in [0.05, 0.1) is 13.2 Å². The van der Waals surface area contributed by atoms with Crippen LogP contribution in [0.1, 0.15) is 28.3 Å². The lowest BCUT2D eigenvalue weighted by molar-refractivity contribution is 0.414. The Morgan fingerprint density at radius 1 is 1.05 bits per heavy atom. The highest BCUT2D eigenvalue weighted by Crippen LogP contribution is 2.32. The van der Waals surface area contributed by atoms with E-state index in [4.69, 9.17) is 4.74 Å². The van der Waals surface area contributed by atoms with Crippen LogP contribution in [0, 0.1) is 13.8 Å². The van der Waals surface area contributed by atoms with Gasteiger partial charge in [-0.25, -0.2) is 0 Å². The molecule has 0 radical (unpaired) electrons. The lowest BCUT2D eigenvalue weighted by Crippen LogP contribution is -2.19. The van der Waals surface area contributed by atoms with Gasteiger partial charge in [-0.3, -0.25) is 0 Å². The number of ether oxygens (including phenoxy) is 1. The molecule has 3 heteroatoms. The summed E-state index contributed by atoms with van der Waals surface area (Å²) < 4.78 is 6.31. The van der Waals surface area contributed by atoms with E-state index < -0.39 is 0 Å². The summed E-state index contributed by atoms with van der Waals surface area (Å²) in [6, 6.07) is 12.8. The molecule has 0 amide bonds. The topological polar surface area (TPSA) is 21.3 Å². The molecule has 0 spiro atoms. The molecule has 0 aliphatic rings. The zero-order valence-corrected chi connectivity index (χ0v) is 13.9. The Hall–Kier alpha value is -1.32. The van der Waals surface area contributed by atoms with Crippen molar-refractivity contribution in [1.29, 1.82) is 0 Å². The molecule has 2 aromatic carbocycles. The Labute approximate surface area is 129 Å². The van der Waals surface area contributed by atoms with E-state index in [0.29, 0.717) is 0 Å². The Morgan fingerprint density at radius 2 is 1.75 bits per heavy atom. The van der Waals surface area contributed by atoms with Crippen LogP contribution in [0.4, 0.5) is 0 Å². The number of nitrogens with one attached hydrogen (secondary N) is 1. The molecule has 0 heterocycles. The van der Waals surface area contributed by atoms with Crippen LogP contribution in [0.15, 0.2) is 40.9 Å². The Morgan fingerprint density at radius 3 is 2.30 bits per heavy atom. The van der Waals surface area contributed by atoms with Gasteiger partial charge in [-0.1, -0.05) is 45.8 Å². The van der Waals surface area contributed by atoms with Gasteiger partial charge < -0.3 is 10.1 Å². The van der Waals surface area contributed by atoms with Crippen molar-refractivity contribution in [2.45, 2.75) is 19.9 Å². The molecule has 106 valence electrons. The van der Waals surface area contributed by atoms with E-state index in [9.17, 15) is 0 Å². The molecule has 0 aliphatic carbocycles. The summed E-state index contributed by atoms with van der Waals surface area (Å²) in [6.07, 6.45) is 0. The maximum absolute atomic E-state index is 5.26. The largest absolute Gasteiger partial charge is 0.497 e. The van der Waals surface area contributed by atoms with Gasteiger partial charge in [0.25, 0.3) is 0 Å². The van der Waals surface area contributed by atoms with Crippen molar-refractivity contribution in [3.8, 4) is 5.75 Å². The van der Waals surface area contributed by atoms with Crippen molar-refractivity contribution >= 4 is 15.9 Å². The summed E-state index contributed by atoms with van der Waals surface area (Å²) >= 11 is 3.65. The van der Waals surface area contributed by atoms with Crippen LogP contribution in [0.5, 0.6) is 5.75 Å². The molecule has 1 atom stereocenters. The minimum Gasteiger partial charge on any atom is -0.497 e. The van der Waals surface area contributed by atoms with Crippen LogP contribution in [-0.2, 0) is 0 Å². The number of methoxy groups -OCH3 is 1. The highest BCUT2D eigenvalue weighted by Gasteiger charge is 2.17. The minimum atomic E-state index is 0.163. The van der Waals surface area contributed by atoms with Crippen LogP contribution in [0.3, 0.4) is 0 Å². The fraction of sp³-hybridized carbons (Fsp3) is 0.294. The Kier molecular flexibility index (Phi) is 4.84. The molecule has 2 nitrogen and oxygen atoms in total. The molecule has 1 unspecified atom stereocenters. The number of hydrogen-bond acceptors (Lipinski definition) is 2. The third-order valence-corrected chi connectivity index (χ3v) is 4.23. The first-order valence-corrected chi connectivity index (χ1v) is 7.44. The first-order chi connectivity index (χ1) is 9.56. The van der Waals surface area contributed by atoms with Crippen LogP contribution >= 0.6 is 15.9 Å². The molecule has 2 rings (SSSR count). The third kappa shape index (κ3) is 3.05. The predicted molar refractivity (Wildman–Crippen MR) is 87.5 cm³/mol. The van der Waals surface area contributed by atoms with E-state index in [1.54, 1.807) is 7.11 Å². The van der Waals surface area contributed by atoms with Crippen LogP contribution in [0.2, 0.25) is 0 Å². The van der Waals surface area contributed by atoms with E-state index in [0.717, 1.165) is 10.2 Å². The molecule has 1 N–H and O–H groups in total. The predicted octanol–water partition coefficient (Wildman–Crippen LogP) is 4.38. The molecule has 20 heavy (non-hydrogen) atoms. The van der Waals surface area contributed by atoms with Gasteiger partial charge in [0.15, 0.2) is 0 Å². The van der Waals surface area contributed by atoms with E-state index in [1.165, 1.54) is 22.3 Å². The van der Waals surface area contributed by atoms with Gasteiger partial charge in [0.1, 0.15) is 5.75 Å². The summed E-state index contributed by atoms with van der Waals surface area (Å²) in [7, 11) is 3.67. The number of aryl methyl sites for hydroxylation is 2. The number of hydrogen-bond donors (Lipinski definition) is 1. The third-order valence-electron chi connectivity index (χ3n) is 3.54. The lowest BCUT2D eigenvalue weighted by atomic mass is 9.94. The van der Waals surface area contributed by atoms with E-state index >= 15 is 0 Å². The van der Waals surface area contributed by atoms with Crippen molar-refractivity contribution in [3.05, 3.63) is 63.1 Å². The first kappa shape index (κ1) is 15.1. The second-order valence-corrected chi connectivity index (χ2v) is 5.82. The van der Waals surface area contributed by atoms with Gasteiger partial charge in [0, 0.05) is 4.47 Å². The van der Waals surface area contributed by atoms with Gasteiger partial charge >= 0.3 is 0 Å². The smallest absolute Gasteiger partial charge is 0.120 e. The number of benzene rings is 2. The van der Waals surface area contributed by atoms with E-state index in [-0.39, 0.29) is 6.04 Å². The molecular formula is C17H20BrNO. The molecule has 0 aliphatic heterocycles. The second-order valence-electron chi connectivity index (χ2n) is 4.97. The summed E-state index contributed by atoms with van der Waals surface area (Å²) in [5, 5.41) is 3.40. The average molecular weight is 334 g/mol. The van der Waals surface area contributed by atoms with Crippen molar-refractivity contribution in [2.75, 3.05) is 14.2 Å². The molecular weight excluding hydrogens is 314 g/mol. The molecule has 0 saturated heterocycles. The monoisotopic (exact) mass is 333 g/mol. The average Bonchev–Trinajstić information content (AvgIpc) is 2.43. The maximum atomic E-state index is 5.26. The minimum absolute atomic E-state index is 0.163. The van der Waals surface area contributed by atoms with Crippen molar-refractivity contribution in [3.63, 3.8) is 0 Å².